The van der Waals surface area contributed by atoms with E-state index in [4.69, 9.17) is 4.74 Å². The number of methoxy groups -OCH3 is 1. The van der Waals surface area contributed by atoms with Crippen LogP contribution in [0.25, 0.3) is 0 Å². The highest BCUT2D eigenvalue weighted by Crippen LogP contribution is 2.12. The van der Waals surface area contributed by atoms with E-state index < -0.39 is 27.3 Å². The predicted molar refractivity (Wildman–Crippen MR) is 72.4 cm³/mol. The van der Waals surface area contributed by atoms with Gasteiger partial charge in [-0.15, -0.1) is 11.8 Å². The maximum absolute atomic E-state index is 11.6. The zero-order valence-electron chi connectivity index (χ0n) is 11.2. The Morgan fingerprint density at radius 1 is 1.42 bits per heavy atom. The highest BCUT2D eigenvalue weighted by molar-refractivity contribution is 8.12. The lowest BCUT2D eigenvalue weighted by Crippen LogP contribution is -2.38. The van der Waals surface area contributed by atoms with Gasteiger partial charge in [-0.25, -0.2) is 8.42 Å². The molecule has 0 aliphatic rings. The van der Waals surface area contributed by atoms with E-state index in [1.165, 1.54) is 7.11 Å². The molecular weight excluding hydrogens is 294 g/mol. The molecule has 1 amide bonds. The molecule has 0 spiro atoms. The van der Waals surface area contributed by atoms with Crippen molar-refractivity contribution < 1.29 is 27.5 Å². The number of rotatable bonds is 10. The summed E-state index contributed by atoms with van der Waals surface area (Å²) in [6.45, 7) is 3.54. The van der Waals surface area contributed by atoms with Gasteiger partial charge in [0.15, 0.2) is 9.84 Å². The first kappa shape index (κ1) is 18.2. The third kappa shape index (κ3) is 9.74. The summed E-state index contributed by atoms with van der Waals surface area (Å²) in [6, 6.07) is 0. The Hall–Kier alpha value is -0.800. The average molecular weight is 313 g/mol. The zero-order chi connectivity index (χ0) is 14.9. The Morgan fingerprint density at radius 3 is 2.58 bits per heavy atom. The van der Waals surface area contributed by atoms with Crippen LogP contribution in [0.2, 0.25) is 0 Å². The Kier molecular flexibility index (Phi) is 8.03. The Morgan fingerprint density at radius 2 is 2.05 bits per heavy atom. The Labute approximate surface area is 117 Å². The minimum atomic E-state index is -3.43. The van der Waals surface area contributed by atoms with E-state index >= 15 is 0 Å². The Balaban J connectivity index is 4.09. The summed E-state index contributed by atoms with van der Waals surface area (Å²) in [4.78, 5) is 21.0. The number of hydrogen-bond acceptors (Lipinski definition) is 7. The lowest BCUT2D eigenvalue weighted by molar-refractivity contribution is -0.137. The molecule has 0 heterocycles. The van der Waals surface area contributed by atoms with Gasteiger partial charge in [-0.3, -0.25) is 9.59 Å². The number of ether oxygens (including phenoxy) is 2. The predicted octanol–water partition coefficient (Wildman–Crippen LogP) is -0.236. The van der Waals surface area contributed by atoms with Gasteiger partial charge in [0.25, 0.3) is 0 Å². The van der Waals surface area contributed by atoms with Crippen molar-refractivity contribution in [1.82, 2.24) is 5.32 Å². The van der Waals surface area contributed by atoms with Crippen LogP contribution in [-0.2, 0) is 28.9 Å². The molecule has 0 aliphatic carbocycles. The number of carbonyl (C=O) groups excluding carboxylic acids is 2. The summed E-state index contributed by atoms with van der Waals surface area (Å²) in [5.41, 5.74) is -0.777. The van der Waals surface area contributed by atoms with Gasteiger partial charge < -0.3 is 14.8 Å². The van der Waals surface area contributed by atoms with Gasteiger partial charge in [0.05, 0.1) is 23.5 Å². The van der Waals surface area contributed by atoms with Gasteiger partial charge >= 0.3 is 5.97 Å². The van der Waals surface area contributed by atoms with Crippen molar-refractivity contribution in [2.75, 3.05) is 30.4 Å². The molecule has 0 unspecified atom stereocenters. The summed E-state index contributed by atoms with van der Waals surface area (Å²) >= 11 is 0.947. The fraction of sp³-hybridized carbons (Fsp3) is 0.800. The van der Waals surface area contributed by atoms with Crippen LogP contribution in [0.3, 0.4) is 0 Å². The number of hydrogen-bond donors (Lipinski definition) is 1. The van der Waals surface area contributed by atoms with Gasteiger partial charge in [-0.2, -0.15) is 0 Å². The SMILES string of the molecule is COC(=O)CSCS(=O)(=O)COC(C)(C)CNC=O. The molecule has 0 aliphatic heterocycles. The van der Waals surface area contributed by atoms with E-state index in [9.17, 15) is 18.0 Å². The molecule has 19 heavy (non-hydrogen) atoms. The third-order valence-electron chi connectivity index (χ3n) is 1.95. The molecule has 0 saturated heterocycles. The van der Waals surface area contributed by atoms with Crippen LogP contribution in [0.15, 0.2) is 0 Å². The summed E-state index contributed by atoms with van der Waals surface area (Å²) < 4.78 is 32.9. The van der Waals surface area contributed by atoms with E-state index in [1.807, 2.05) is 0 Å². The molecule has 0 bridgehead atoms. The monoisotopic (exact) mass is 313 g/mol. The van der Waals surface area contributed by atoms with Crippen molar-refractivity contribution in [2.24, 2.45) is 0 Å². The molecule has 0 saturated carbocycles. The highest BCUT2D eigenvalue weighted by Gasteiger charge is 2.22. The quantitative estimate of drug-likeness (QED) is 0.439. The minimum Gasteiger partial charge on any atom is -0.468 e. The van der Waals surface area contributed by atoms with Crippen LogP contribution >= 0.6 is 11.8 Å². The van der Waals surface area contributed by atoms with E-state index in [0.29, 0.717) is 6.41 Å². The molecule has 0 aromatic heterocycles. The van der Waals surface area contributed by atoms with Crippen LogP contribution in [0.5, 0.6) is 0 Å². The topological polar surface area (TPSA) is 98.8 Å². The molecule has 0 aromatic rings. The van der Waals surface area contributed by atoms with Crippen molar-refractivity contribution in [3.8, 4) is 0 Å². The van der Waals surface area contributed by atoms with Crippen LogP contribution in [0.1, 0.15) is 13.8 Å². The lowest BCUT2D eigenvalue weighted by atomic mass is 10.1. The smallest absolute Gasteiger partial charge is 0.315 e. The summed E-state index contributed by atoms with van der Waals surface area (Å²) in [7, 11) is -2.19. The second kappa shape index (κ2) is 8.39. The van der Waals surface area contributed by atoms with E-state index in [1.54, 1.807) is 13.8 Å². The van der Waals surface area contributed by atoms with Crippen molar-refractivity contribution in [1.29, 1.82) is 0 Å². The van der Waals surface area contributed by atoms with Crippen molar-refractivity contribution in [2.45, 2.75) is 19.4 Å². The van der Waals surface area contributed by atoms with Crippen LogP contribution in [0.4, 0.5) is 0 Å². The second-order valence-electron chi connectivity index (χ2n) is 4.31. The number of esters is 1. The van der Waals surface area contributed by atoms with Crippen LogP contribution in [-0.4, -0.2) is 56.8 Å². The van der Waals surface area contributed by atoms with E-state index in [0.717, 1.165) is 11.8 Å². The average Bonchev–Trinajstić information content (AvgIpc) is 2.34. The molecule has 0 rings (SSSR count). The normalized spacial score (nSPS) is 11.9. The van der Waals surface area contributed by atoms with Crippen LogP contribution in [0, 0.1) is 0 Å². The number of thioether (sulfide) groups is 1. The van der Waals surface area contributed by atoms with Crippen LogP contribution < -0.4 is 5.32 Å². The minimum absolute atomic E-state index is 0.0220. The van der Waals surface area contributed by atoms with Crippen molar-refractivity contribution >= 4 is 34.0 Å². The van der Waals surface area contributed by atoms with Gasteiger partial charge in [0, 0.05) is 6.54 Å². The number of carbonyl (C=O) groups is 2. The first-order valence-electron chi connectivity index (χ1n) is 5.38. The fourth-order valence-electron chi connectivity index (χ4n) is 0.933. The van der Waals surface area contributed by atoms with Gasteiger partial charge in [0.2, 0.25) is 6.41 Å². The third-order valence-corrected chi connectivity index (χ3v) is 4.97. The molecule has 1 N–H and O–H groups in total. The molecular formula is C10H19NO6S2. The lowest BCUT2D eigenvalue weighted by Gasteiger charge is -2.24. The van der Waals surface area contributed by atoms with Gasteiger partial charge in [0.1, 0.15) is 5.94 Å². The number of amides is 1. The second-order valence-corrected chi connectivity index (χ2v) is 7.67. The molecule has 0 fully saturated rings. The van der Waals surface area contributed by atoms with Gasteiger partial charge in [-0.05, 0) is 13.8 Å². The highest BCUT2D eigenvalue weighted by atomic mass is 32.3. The van der Waals surface area contributed by atoms with Gasteiger partial charge in [-0.1, -0.05) is 0 Å². The molecule has 112 valence electrons. The fourth-order valence-corrected chi connectivity index (χ4v) is 3.34. The molecule has 0 aromatic carbocycles. The van der Waals surface area contributed by atoms with Crippen molar-refractivity contribution in [3.63, 3.8) is 0 Å². The first-order valence-corrected chi connectivity index (χ1v) is 8.36. The largest absolute Gasteiger partial charge is 0.468 e. The Bertz CT molecular complexity index is 393. The van der Waals surface area contributed by atoms with Crippen molar-refractivity contribution in [3.05, 3.63) is 0 Å². The standard InChI is InChI=1S/C10H19NO6S2/c1-10(2,5-11-6-12)17-7-19(14,15)8-18-4-9(13)16-3/h6H,4-5,7-8H2,1-3H3,(H,11,12). The molecule has 7 nitrogen and oxygen atoms in total. The molecule has 0 atom stereocenters. The summed E-state index contributed by atoms with van der Waals surface area (Å²) in [5.74, 6) is -0.961. The summed E-state index contributed by atoms with van der Waals surface area (Å²) in [5, 5.41) is 2.20. The maximum Gasteiger partial charge on any atom is 0.315 e. The van der Waals surface area contributed by atoms with E-state index in [2.05, 4.69) is 10.1 Å². The summed E-state index contributed by atoms with van der Waals surface area (Å²) in [6.07, 6.45) is 0.520. The molecule has 9 heteroatoms. The maximum atomic E-state index is 11.6. The number of nitrogens with one attached hydrogen (secondary N) is 1. The zero-order valence-corrected chi connectivity index (χ0v) is 12.8. The molecule has 0 radical (unpaired) electrons. The first-order chi connectivity index (χ1) is 8.72. The van der Waals surface area contributed by atoms with E-state index in [-0.39, 0.29) is 17.4 Å². The number of sulfone groups is 1.